The van der Waals surface area contributed by atoms with Gasteiger partial charge in [-0.05, 0) is 30.3 Å². The summed E-state index contributed by atoms with van der Waals surface area (Å²) in [7, 11) is -3.29. The summed E-state index contributed by atoms with van der Waals surface area (Å²) in [4.78, 5) is 23.8. The number of benzene rings is 2. The van der Waals surface area contributed by atoms with Crippen molar-refractivity contribution in [3.8, 4) is 0 Å². The van der Waals surface area contributed by atoms with Gasteiger partial charge in [0.2, 0.25) is 11.0 Å². The summed E-state index contributed by atoms with van der Waals surface area (Å²) in [5.41, 5.74) is -1.68. The maximum Gasteiger partial charge on any atom is 0.416 e. The van der Waals surface area contributed by atoms with E-state index in [1.165, 1.54) is 31.4 Å². The molecular formula is C20H16ClF3N4O5S3. The number of nitrogens with zero attached hydrogens (tertiary/aromatic N) is 3. The summed E-state index contributed by atoms with van der Waals surface area (Å²) >= 11 is 8.00. The molecule has 0 bridgehead atoms. The second-order valence-electron chi connectivity index (χ2n) is 6.77. The van der Waals surface area contributed by atoms with Crippen molar-refractivity contribution in [1.82, 2.24) is 10.2 Å². The topological polar surface area (TPSA) is 119 Å². The first-order valence-corrected chi connectivity index (χ1v) is 13.3. The molecular weight excluding hydrogens is 565 g/mol. The van der Waals surface area contributed by atoms with Crippen LogP contribution in [0, 0.1) is 0 Å². The fourth-order valence-electron chi connectivity index (χ4n) is 2.69. The van der Waals surface area contributed by atoms with E-state index < -0.39 is 45.9 Å². The first-order chi connectivity index (χ1) is 16.9. The number of nitrogens with one attached hydrogen (secondary N) is 1. The molecule has 0 saturated carbocycles. The molecule has 192 valence electrons. The van der Waals surface area contributed by atoms with Gasteiger partial charge in [0.15, 0.2) is 4.34 Å². The van der Waals surface area contributed by atoms with Crippen LogP contribution in [0.5, 0.6) is 0 Å². The Morgan fingerprint density at radius 1 is 1.17 bits per heavy atom. The number of hydrogen-bond acceptors (Lipinski definition) is 9. The molecule has 1 heterocycles. The van der Waals surface area contributed by atoms with Crippen LogP contribution in [-0.2, 0) is 30.5 Å². The van der Waals surface area contributed by atoms with Gasteiger partial charge >= 0.3 is 12.1 Å². The molecule has 0 saturated heterocycles. The molecule has 0 aliphatic heterocycles. The van der Waals surface area contributed by atoms with E-state index >= 15 is 0 Å². The molecule has 0 unspecified atom stereocenters. The normalized spacial score (nSPS) is 11.7. The predicted molar refractivity (Wildman–Crippen MR) is 129 cm³/mol. The molecule has 9 nitrogen and oxygen atoms in total. The van der Waals surface area contributed by atoms with Gasteiger partial charge in [0.05, 0.1) is 34.0 Å². The SMILES string of the molecule is COC(=O)CSc1nnc(NC(=O)CN(c2cc(C(F)(F)F)ccc2Cl)S(=O)(=O)c2ccccc2)s1. The number of esters is 1. The number of thioether (sulfide) groups is 1. The average Bonchev–Trinajstić information content (AvgIpc) is 3.28. The number of aromatic nitrogens is 2. The molecule has 36 heavy (non-hydrogen) atoms. The van der Waals surface area contributed by atoms with Gasteiger partial charge in [0, 0.05) is 0 Å². The smallest absolute Gasteiger partial charge is 0.416 e. The van der Waals surface area contributed by atoms with Crippen molar-refractivity contribution in [3.63, 3.8) is 0 Å². The molecule has 0 atom stereocenters. The standard InChI is InChI=1S/C20H16ClF3N4O5S3/c1-33-17(30)11-34-19-27-26-18(35-19)25-16(29)10-28(36(31,32)13-5-3-2-4-6-13)15-9-12(20(22,23)24)7-8-14(15)21/h2-9H,10-11H2,1H3,(H,25,26,29). The zero-order valence-corrected chi connectivity index (χ0v) is 21.4. The van der Waals surface area contributed by atoms with Crippen molar-refractivity contribution in [1.29, 1.82) is 0 Å². The van der Waals surface area contributed by atoms with Crippen LogP contribution < -0.4 is 9.62 Å². The molecule has 1 amide bonds. The van der Waals surface area contributed by atoms with Crippen LogP contribution >= 0.6 is 34.7 Å². The highest BCUT2D eigenvalue weighted by molar-refractivity contribution is 8.01. The molecule has 0 aliphatic carbocycles. The van der Waals surface area contributed by atoms with Crippen LogP contribution in [0.15, 0.2) is 57.8 Å². The maximum absolute atomic E-state index is 13.3. The van der Waals surface area contributed by atoms with Crippen molar-refractivity contribution < 1.29 is 35.9 Å². The Kier molecular flexibility index (Phi) is 8.81. The minimum absolute atomic E-state index is 0.0143. The van der Waals surface area contributed by atoms with Crippen molar-refractivity contribution in [2.45, 2.75) is 15.4 Å². The summed E-state index contributed by atoms with van der Waals surface area (Å²) < 4.78 is 72.0. The first kappa shape index (κ1) is 27.7. The number of methoxy groups -OCH3 is 1. The summed E-state index contributed by atoms with van der Waals surface area (Å²) in [6, 6.07) is 9.03. The summed E-state index contributed by atoms with van der Waals surface area (Å²) in [6.45, 7) is -0.914. The zero-order chi connectivity index (χ0) is 26.5. The van der Waals surface area contributed by atoms with E-state index in [1.54, 1.807) is 6.07 Å². The van der Waals surface area contributed by atoms with Gasteiger partial charge in [-0.1, -0.05) is 52.9 Å². The molecule has 2 aromatic carbocycles. The van der Waals surface area contributed by atoms with Gasteiger partial charge in [-0.25, -0.2) is 8.42 Å². The van der Waals surface area contributed by atoms with Crippen LogP contribution in [0.3, 0.4) is 0 Å². The van der Waals surface area contributed by atoms with Crippen LogP contribution in [-0.4, -0.2) is 49.9 Å². The molecule has 1 N–H and O–H groups in total. The Hall–Kier alpha value is -2.88. The van der Waals surface area contributed by atoms with Gasteiger partial charge in [0.25, 0.3) is 10.0 Å². The van der Waals surface area contributed by atoms with E-state index in [0.29, 0.717) is 20.8 Å². The van der Waals surface area contributed by atoms with Gasteiger partial charge in [0.1, 0.15) is 6.54 Å². The Labute approximate surface area is 216 Å². The number of carbonyl (C=O) groups is 2. The Morgan fingerprint density at radius 2 is 1.86 bits per heavy atom. The zero-order valence-electron chi connectivity index (χ0n) is 18.2. The number of hydrogen-bond donors (Lipinski definition) is 1. The van der Waals surface area contributed by atoms with Crippen LogP contribution in [0.4, 0.5) is 24.0 Å². The minimum Gasteiger partial charge on any atom is -0.468 e. The lowest BCUT2D eigenvalue weighted by Gasteiger charge is -2.25. The highest BCUT2D eigenvalue weighted by Gasteiger charge is 2.34. The predicted octanol–water partition coefficient (Wildman–Crippen LogP) is 4.31. The van der Waals surface area contributed by atoms with Crippen LogP contribution in [0.1, 0.15) is 5.56 Å². The highest BCUT2D eigenvalue weighted by Crippen LogP contribution is 2.37. The molecule has 0 radical (unpaired) electrons. The second-order valence-corrected chi connectivity index (χ2v) is 11.2. The fraction of sp³-hybridized carbons (Fsp3) is 0.200. The lowest BCUT2D eigenvalue weighted by atomic mass is 10.2. The third-order valence-corrected chi connectivity index (χ3v) is 8.39. The van der Waals surface area contributed by atoms with E-state index in [-0.39, 0.29) is 20.8 Å². The van der Waals surface area contributed by atoms with Crippen LogP contribution in [0.25, 0.3) is 0 Å². The fourth-order valence-corrected chi connectivity index (χ4v) is 6.01. The lowest BCUT2D eigenvalue weighted by molar-refractivity contribution is -0.138. The van der Waals surface area contributed by atoms with Crippen molar-refractivity contribution in [2.75, 3.05) is 29.0 Å². The number of rotatable bonds is 9. The molecule has 0 fully saturated rings. The quantitative estimate of drug-likeness (QED) is 0.226. The molecule has 0 aliphatic rings. The maximum atomic E-state index is 13.3. The third-order valence-electron chi connectivity index (χ3n) is 4.35. The number of carbonyl (C=O) groups excluding carboxylic acids is 2. The molecule has 16 heteroatoms. The Morgan fingerprint density at radius 3 is 2.50 bits per heavy atom. The van der Waals surface area contributed by atoms with E-state index in [2.05, 4.69) is 20.3 Å². The number of ether oxygens (including phenoxy) is 1. The van der Waals surface area contributed by atoms with Gasteiger partial charge in [-0.2, -0.15) is 13.2 Å². The van der Waals surface area contributed by atoms with Crippen molar-refractivity contribution >= 4 is 67.4 Å². The number of amides is 1. The number of sulfonamides is 1. The monoisotopic (exact) mass is 580 g/mol. The largest absolute Gasteiger partial charge is 0.468 e. The van der Waals surface area contributed by atoms with E-state index in [1.807, 2.05) is 0 Å². The Bertz CT molecular complexity index is 1350. The number of anilines is 2. The van der Waals surface area contributed by atoms with E-state index in [4.69, 9.17) is 11.6 Å². The number of halogens is 4. The summed E-state index contributed by atoms with van der Waals surface area (Å²) in [5, 5.41) is 9.57. The van der Waals surface area contributed by atoms with Crippen molar-refractivity contribution in [2.24, 2.45) is 0 Å². The molecule has 0 spiro atoms. The van der Waals surface area contributed by atoms with Gasteiger partial charge < -0.3 is 4.74 Å². The Balaban J connectivity index is 1.91. The van der Waals surface area contributed by atoms with Gasteiger partial charge in [-0.15, -0.1) is 10.2 Å². The second kappa shape index (κ2) is 11.5. The molecule has 1 aromatic heterocycles. The summed E-state index contributed by atoms with van der Waals surface area (Å²) in [6.07, 6.45) is -4.78. The third kappa shape index (κ3) is 6.87. The lowest BCUT2D eigenvalue weighted by Crippen LogP contribution is -2.38. The van der Waals surface area contributed by atoms with E-state index in [9.17, 15) is 31.2 Å². The first-order valence-electron chi connectivity index (χ1n) is 9.69. The molecule has 3 aromatic rings. The van der Waals surface area contributed by atoms with E-state index in [0.717, 1.165) is 29.2 Å². The highest BCUT2D eigenvalue weighted by atomic mass is 35.5. The number of alkyl halides is 3. The minimum atomic E-state index is -4.78. The van der Waals surface area contributed by atoms with Crippen molar-refractivity contribution in [3.05, 3.63) is 59.1 Å². The van der Waals surface area contributed by atoms with Gasteiger partial charge in [-0.3, -0.25) is 19.2 Å². The van der Waals surface area contributed by atoms with Crippen LogP contribution in [0.2, 0.25) is 5.02 Å². The summed E-state index contributed by atoms with van der Waals surface area (Å²) in [5.74, 6) is -1.46. The average molecular weight is 581 g/mol. The molecule has 3 rings (SSSR count).